The van der Waals surface area contributed by atoms with Crippen molar-refractivity contribution < 1.29 is 4.79 Å². The zero-order chi connectivity index (χ0) is 17.2. The highest BCUT2D eigenvalue weighted by Crippen LogP contribution is 2.24. The van der Waals surface area contributed by atoms with Crippen molar-refractivity contribution in [1.82, 2.24) is 4.98 Å². The van der Waals surface area contributed by atoms with Gasteiger partial charge in [-0.15, -0.1) is 11.3 Å². The summed E-state index contributed by atoms with van der Waals surface area (Å²) in [5.41, 5.74) is 3.10. The molecular formula is C20H20N2OS. The standard InChI is InChI=1S/C20H20N2OS/c1-20(2,3)14-8-10-15(11-9-14)21-18(23)12-13-19-22-16-6-4-5-7-17(16)24-19/h4-13H,1-3H3,(H,21,23)/b13-12+. The molecule has 0 unspecified atom stereocenters. The van der Waals surface area contributed by atoms with Gasteiger partial charge >= 0.3 is 0 Å². The maximum atomic E-state index is 12.1. The Bertz CT molecular complexity index is 853. The number of carbonyl (C=O) groups excluding carboxylic acids is 1. The fourth-order valence-corrected chi connectivity index (χ4v) is 3.22. The van der Waals surface area contributed by atoms with Crippen LogP contribution in [0.25, 0.3) is 16.3 Å². The number of thiazole rings is 1. The van der Waals surface area contributed by atoms with Gasteiger partial charge in [0.25, 0.3) is 0 Å². The van der Waals surface area contributed by atoms with Crippen LogP contribution < -0.4 is 5.32 Å². The average Bonchev–Trinajstić information content (AvgIpc) is 2.95. The highest BCUT2D eigenvalue weighted by molar-refractivity contribution is 7.19. The van der Waals surface area contributed by atoms with Gasteiger partial charge in [0.15, 0.2) is 0 Å². The van der Waals surface area contributed by atoms with Gasteiger partial charge in [0, 0.05) is 11.8 Å². The summed E-state index contributed by atoms with van der Waals surface area (Å²) < 4.78 is 1.12. The van der Waals surface area contributed by atoms with Gasteiger partial charge in [-0.3, -0.25) is 4.79 Å². The van der Waals surface area contributed by atoms with Crippen molar-refractivity contribution in [3.8, 4) is 0 Å². The molecule has 1 aromatic heterocycles. The van der Waals surface area contributed by atoms with Crippen LogP contribution in [0.4, 0.5) is 5.69 Å². The lowest BCUT2D eigenvalue weighted by Crippen LogP contribution is -2.12. The Hall–Kier alpha value is -2.46. The van der Waals surface area contributed by atoms with E-state index in [-0.39, 0.29) is 11.3 Å². The number of amides is 1. The molecule has 3 nitrogen and oxygen atoms in total. The first-order valence-electron chi connectivity index (χ1n) is 7.87. The van der Waals surface area contributed by atoms with Crippen LogP contribution in [-0.4, -0.2) is 10.9 Å². The molecule has 1 amide bonds. The third-order valence-electron chi connectivity index (χ3n) is 3.71. The second-order valence-corrected chi connectivity index (χ2v) is 7.73. The van der Waals surface area contributed by atoms with E-state index in [2.05, 4.69) is 31.1 Å². The van der Waals surface area contributed by atoms with Crippen molar-refractivity contribution in [3.05, 3.63) is 65.2 Å². The topological polar surface area (TPSA) is 42.0 Å². The molecule has 4 heteroatoms. The molecule has 0 atom stereocenters. The minimum Gasteiger partial charge on any atom is -0.323 e. The molecule has 3 rings (SSSR count). The smallest absolute Gasteiger partial charge is 0.248 e. The largest absolute Gasteiger partial charge is 0.323 e. The van der Waals surface area contributed by atoms with Crippen molar-refractivity contribution in [2.45, 2.75) is 26.2 Å². The summed E-state index contributed by atoms with van der Waals surface area (Å²) in [5.74, 6) is -0.155. The van der Waals surface area contributed by atoms with E-state index in [0.717, 1.165) is 20.9 Å². The van der Waals surface area contributed by atoms with E-state index in [1.54, 1.807) is 17.4 Å². The number of fused-ring (bicyclic) bond motifs is 1. The average molecular weight is 336 g/mol. The van der Waals surface area contributed by atoms with Crippen molar-refractivity contribution >= 4 is 39.2 Å². The highest BCUT2D eigenvalue weighted by atomic mass is 32.1. The summed E-state index contributed by atoms with van der Waals surface area (Å²) in [6.07, 6.45) is 3.28. The van der Waals surface area contributed by atoms with E-state index < -0.39 is 0 Å². The number of para-hydroxylation sites is 1. The number of nitrogens with zero attached hydrogens (tertiary/aromatic N) is 1. The monoisotopic (exact) mass is 336 g/mol. The summed E-state index contributed by atoms with van der Waals surface area (Å²) in [6, 6.07) is 15.9. The van der Waals surface area contributed by atoms with E-state index in [0.29, 0.717) is 0 Å². The van der Waals surface area contributed by atoms with Gasteiger partial charge in [-0.2, -0.15) is 0 Å². The van der Waals surface area contributed by atoms with Gasteiger partial charge in [-0.1, -0.05) is 45.0 Å². The number of hydrogen-bond acceptors (Lipinski definition) is 3. The Morgan fingerprint density at radius 1 is 1.08 bits per heavy atom. The second kappa shape index (κ2) is 6.57. The molecular weight excluding hydrogens is 316 g/mol. The number of benzene rings is 2. The van der Waals surface area contributed by atoms with Crippen LogP contribution in [0.5, 0.6) is 0 Å². The van der Waals surface area contributed by atoms with Gasteiger partial charge < -0.3 is 5.32 Å². The molecule has 3 aromatic rings. The molecule has 0 bridgehead atoms. The molecule has 0 aliphatic rings. The normalized spacial score (nSPS) is 12.0. The summed E-state index contributed by atoms with van der Waals surface area (Å²) in [6.45, 7) is 6.50. The molecule has 24 heavy (non-hydrogen) atoms. The first-order valence-corrected chi connectivity index (χ1v) is 8.69. The third kappa shape index (κ3) is 3.89. The van der Waals surface area contributed by atoms with Gasteiger partial charge in [0.05, 0.1) is 10.2 Å². The zero-order valence-corrected chi connectivity index (χ0v) is 14.9. The first-order chi connectivity index (χ1) is 11.4. The Balaban J connectivity index is 1.66. The molecule has 1 heterocycles. The van der Waals surface area contributed by atoms with E-state index in [1.165, 1.54) is 11.6 Å². The number of aromatic nitrogens is 1. The first kappa shape index (κ1) is 16.4. The molecule has 0 saturated heterocycles. The van der Waals surface area contributed by atoms with Crippen LogP contribution in [0.1, 0.15) is 31.3 Å². The van der Waals surface area contributed by atoms with Crippen molar-refractivity contribution in [1.29, 1.82) is 0 Å². The third-order valence-corrected chi connectivity index (χ3v) is 4.71. The lowest BCUT2D eigenvalue weighted by Gasteiger charge is -2.19. The highest BCUT2D eigenvalue weighted by Gasteiger charge is 2.12. The Morgan fingerprint density at radius 3 is 2.46 bits per heavy atom. The fraction of sp³-hybridized carbons (Fsp3) is 0.200. The van der Waals surface area contributed by atoms with Gasteiger partial charge in [-0.05, 0) is 41.3 Å². The zero-order valence-electron chi connectivity index (χ0n) is 14.0. The predicted molar refractivity (Wildman–Crippen MR) is 102 cm³/mol. The molecule has 0 aliphatic heterocycles. The SMILES string of the molecule is CC(C)(C)c1ccc(NC(=O)/C=C/c2nc3ccccc3s2)cc1. The Labute approximate surface area is 146 Å². The number of carbonyl (C=O) groups is 1. The lowest BCUT2D eigenvalue weighted by molar-refractivity contribution is -0.111. The molecule has 0 fully saturated rings. The number of nitrogens with one attached hydrogen (secondary N) is 1. The maximum absolute atomic E-state index is 12.1. The van der Waals surface area contributed by atoms with Crippen molar-refractivity contribution in [2.75, 3.05) is 5.32 Å². The van der Waals surface area contributed by atoms with Crippen LogP contribution in [0.2, 0.25) is 0 Å². The summed E-state index contributed by atoms with van der Waals surface area (Å²) in [4.78, 5) is 16.5. The van der Waals surface area contributed by atoms with Gasteiger partial charge in [0.2, 0.25) is 5.91 Å². The lowest BCUT2D eigenvalue weighted by atomic mass is 9.87. The van der Waals surface area contributed by atoms with Crippen molar-refractivity contribution in [2.24, 2.45) is 0 Å². The molecule has 0 aliphatic carbocycles. The summed E-state index contributed by atoms with van der Waals surface area (Å²) in [5, 5.41) is 3.70. The van der Waals surface area contributed by atoms with Crippen LogP contribution >= 0.6 is 11.3 Å². The van der Waals surface area contributed by atoms with Crippen LogP contribution in [-0.2, 0) is 10.2 Å². The van der Waals surface area contributed by atoms with Crippen LogP contribution in [0.15, 0.2) is 54.6 Å². The quantitative estimate of drug-likeness (QED) is 0.664. The molecule has 0 saturated carbocycles. The van der Waals surface area contributed by atoms with Crippen molar-refractivity contribution in [3.63, 3.8) is 0 Å². The van der Waals surface area contributed by atoms with Crippen LogP contribution in [0.3, 0.4) is 0 Å². The predicted octanol–water partition coefficient (Wildman–Crippen LogP) is 5.25. The Morgan fingerprint density at radius 2 is 1.79 bits per heavy atom. The fourth-order valence-electron chi connectivity index (χ4n) is 2.35. The number of hydrogen-bond donors (Lipinski definition) is 1. The van der Waals surface area contributed by atoms with Gasteiger partial charge in [-0.25, -0.2) is 4.98 Å². The molecule has 2 aromatic carbocycles. The second-order valence-electron chi connectivity index (χ2n) is 6.67. The Kier molecular flexibility index (Phi) is 4.49. The number of anilines is 1. The van der Waals surface area contributed by atoms with E-state index >= 15 is 0 Å². The van der Waals surface area contributed by atoms with E-state index in [1.807, 2.05) is 48.5 Å². The minimum atomic E-state index is -0.155. The molecule has 1 N–H and O–H groups in total. The molecule has 0 radical (unpaired) electrons. The molecule has 122 valence electrons. The number of rotatable bonds is 3. The summed E-state index contributed by atoms with van der Waals surface area (Å²) >= 11 is 1.57. The van der Waals surface area contributed by atoms with E-state index in [4.69, 9.17) is 0 Å². The summed E-state index contributed by atoms with van der Waals surface area (Å²) in [7, 11) is 0. The minimum absolute atomic E-state index is 0.106. The maximum Gasteiger partial charge on any atom is 0.248 e. The van der Waals surface area contributed by atoms with Crippen LogP contribution in [0, 0.1) is 0 Å². The van der Waals surface area contributed by atoms with E-state index in [9.17, 15) is 4.79 Å². The molecule has 0 spiro atoms. The van der Waals surface area contributed by atoms with Gasteiger partial charge in [0.1, 0.15) is 5.01 Å².